The van der Waals surface area contributed by atoms with Gasteiger partial charge in [0.15, 0.2) is 5.82 Å². The van der Waals surface area contributed by atoms with Crippen LogP contribution in [0.25, 0.3) is 10.9 Å². The van der Waals surface area contributed by atoms with E-state index < -0.39 is 23.5 Å². The number of nitrogens with one attached hydrogen (secondary N) is 3. The molecule has 9 nitrogen and oxygen atoms in total. The highest BCUT2D eigenvalue weighted by atomic mass is 19.1. The van der Waals surface area contributed by atoms with E-state index in [4.69, 9.17) is 4.74 Å². The maximum absolute atomic E-state index is 13.3. The largest absolute Gasteiger partial charge is 0.388 e. The summed E-state index contributed by atoms with van der Waals surface area (Å²) in [4.78, 5) is 19.1. The highest BCUT2D eigenvalue weighted by molar-refractivity contribution is 5.94. The fourth-order valence-electron chi connectivity index (χ4n) is 3.59. The summed E-state index contributed by atoms with van der Waals surface area (Å²) in [7, 11) is 0. The molecule has 10 heteroatoms. The van der Waals surface area contributed by atoms with Crippen LogP contribution in [-0.2, 0) is 4.74 Å². The molecule has 1 aromatic carbocycles. The molecule has 1 atom stereocenters. The van der Waals surface area contributed by atoms with Gasteiger partial charge in [0.1, 0.15) is 11.6 Å². The molecule has 4 rings (SSSR count). The second-order valence-corrected chi connectivity index (χ2v) is 8.00. The lowest BCUT2D eigenvalue weighted by Crippen LogP contribution is -2.44. The lowest BCUT2D eigenvalue weighted by atomic mass is 9.92. The molecular formula is C21H25FN6O3. The molecule has 4 N–H and O–H groups in total. The van der Waals surface area contributed by atoms with E-state index in [1.165, 1.54) is 24.3 Å². The van der Waals surface area contributed by atoms with E-state index in [1.54, 1.807) is 26.1 Å². The Balaban J connectivity index is 1.48. The van der Waals surface area contributed by atoms with Crippen molar-refractivity contribution in [3.05, 3.63) is 47.9 Å². The standard InChI is InChI=1S/C21H25FN6O3/c1-21(2,30)18(13-3-5-14(22)6-4-13)25-20(29)24-17-11-16-15(12-23-17)19(27-26-16)28-7-9-31-10-8-28/h3-6,11-12,18,30H,7-10H2,1-2H3,(H,26,27)(H2,23,24,25,29)/t18-/m0/s1. The van der Waals surface area contributed by atoms with Crippen LogP contribution < -0.4 is 15.5 Å². The normalized spacial score (nSPS) is 15.7. The Bertz CT molecular complexity index is 1060. The van der Waals surface area contributed by atoms with Crippen molar-refractivity contribution < 1.29 is 19.0 Å². The second-order valence-electron chi connectivity index (χ2n) is 8.00. The second kappa shape index (κ2) is 8.48. The number of anilines is 2. The van der Waals surface area contributed by atoms with E-state index in [1.807, 2.05) is 0 Å². The summed E-state index contributed by atoms with van der Waals surface area (Å²) in [6.45, 7) is 5.96. The summed E-state index contributed by atoms with van der Waals surface area (Å²) in [6.07, 6.45) is 1.66. The van der Waals surface area contributed by atoms with Crippen molar-refractivity contribution in [3.8, 4) is 0 Å². The van der Waals surface area contributed by atoms with Gasteiger partial charge in [0.05, 0.1) is 35.8 Å². The van der Waals surface area contributed by atoms with Crippen molar-refractivity contribution in [3.63, 3.8) is 0 Å². The zero-order valence-electron chi connectivity index (χ0n) is 17.4. The highest BCUT2D eigenvalue weighted by Gasteiger charge is 2.30. The predicted octanol–water partition coefficient (Wildman–Crippen LogP) is 2.57. The molecule has 0 spiro atoms. The number of amides is 2. The molecule has 1 saturated heterocycles. The molecule has 3 aromatic rings. The molecule has 2 amide bonds. The van der Waals surface area contributed by atoms with Crippen molar-refractivity contribution in [2.24, 2.45) is 0 Å². The molecule has 31 heavy (non-hydrogen) atoms. The number of pyridine rings is 1. The quantitative estimate of drug-likeness (QED) is 0.497. The van der Waals surface area contributed by atoms with Gasteiger partial charge < -0.3 is 20.1 Å². The van der Waals surface area contributed by atoms with Crippen LogP contribution in [0.4, 0.5) is 20.8 Å². The summed E-state index contributed by atoms with van der Waals surface area (Å²) in [5, 5.41) is 24.1. The summed E-state index contributed by atoms with van der Waals surface area (Å²) < 4.78 is 18.6. The third-order valence-corrected chi connectivity index (χ3v) is 5.16. The van der Waals surface area contributed by atoms with E-state index in [9.17, 15) is 14.3 Å². The fraction of sp³-hybridized carbons (Fsp3) is 0.381. The van der Waals surface area contributed by atoms with Crippen LogP contribution in [0.15, 0.2) is 36.5 Å². The highest BCUT2D eigenvalue weighted by Crippen LogP contribution is 2.27. The van der Waals surface area contributed by atoms with E-state index in [0.717, 1.165) is 29.8 Å². The summed E-state index contributed by atoms with van der Waals surface area (Å²) >= 11 is 0. The number of aromatic amines is 1. The van der Waals surface area contributed by atoms with Crippen molar-refractivity contribution in [2.45, 2.75) is 25.5 Å². The number of urea groups is 1. The van der Waals surface area contributed by atoms with Gasteiger partial charge in [0.25, 0.3) is 0 Å². The Kier molecular flexibility index (Phi) is 5.75. The molecule has 0 bridgehead atoms. The predicted molar refractivity (Wildman–Crippen MR) is 115 cm³/mol. The minimum atomic E-state index is -1.27. The summed E-state index contributed by atoms with van der Waals surface area (Å²) in [5.41, 5.74) is 0.0451. The molecule has 1 aliphatic rings. The van der Waals surface area contributed by atoms with Crippen molar-refractivity contribution in [2.75, 3.05) is 36.5 Å². The number of benzene rings is 1. The van der Waals surface area contributed by atoms with Crippen LogP contribution >= 0.6 is 0 Å². The zero-order chi connectivity index (χ0) is 22.0. The Hall–Kier alpha value is -3.24. The number of fused-ring (bicyclic) bond motifs is 1. The minimum absolute atomic E-state index is 0.329. The molecule has 0 saturated carbocycles. The Morgan fingerprint density at radius 3 is 2.68 bits per heavy atom. The maximum Gasteiger partial charge on any atom is 0.320 e. The first-order chi connectivity index (χ1) is 14.8. The minimum Gasteiger partial charge on any atom is -0.388 e. The van der Waals surface area contributed by atoms with E-state index in [0.29, 0.717) is 24.6 Å². The number of halogens is 1. The number of carbonyl (C=O) groups is 1. The first-order valence-electron chi connectivity index (χ1n) is 10.0. The monoisotopic (exact) mass is 428 g/mol. The topological polar surface area (TPSA) is 115 Å². The summed E-state index contributed by atoms with van der Waals surface area (Å²) in [5.74, 6) is 0.743. The van der Waals surface area contributed by atoms with E-state index in [-0.39, 0.29) is 0 Å². The molecule has 3 heterocycles. The van der Waals surface area contributed by atoms with Gasteiger partial charge in [-0.2, -0.15) is 5.10 Å². The lowest BCUT2D eigenvalue weighted by molar-refractivity contribution is 0.0415. The Labute approximate surface area is 178 Å². The smallest absolute Gasteiger partial charge is 0.320 e. The van der Waals surface area contributed by atoms with Crippen LogP contribution in [0.5, 0.6) is 0 Å². The van der Waals surface area contributed by atoms with Crippen molar-refractivity contribution in [1.29, 1.82) is 0 Å². The van der Waals surface area contributed by atoms with Gasteiger partial charge in [0.2, 0.25) is 0 Å². The van der Waals surface area contributed by atoms with Crippen LogP contribution in [0.1, 0.15) is 25.5 Å². The molecule has 2 aromatic heterocycles. The van der Waals surface area contributed by atoms with Gasteiger partial charge in [-0.15, -0.1) is 0 Å². The zero-order valence-corrected chi connectivity index (χ0v) is 17.4. The SMILES string of the molecule is CC(C)(O)[C@@H](NC(=O)Nc1cc2[nH]nc(N3CCOCC3)c2cn1)c1ccc(F)cc1. The molecule has 1 aliphatic heterocycles. The number of nitrogens with zero attached hydrogens (tertiary/aromatic N) is 3. The lowest BCUT2D eigenvalue weighted by Gasteiger charge is -2.30. The van der Waals surface area contributed by atoms with Crippen molar-refractivity contribution >= 4 is 28.6 Å². The first kappa shape index (κ1) is 21.0. The Morgan fingerprint density at radius 2 is 2.00 bits per heavy atom. The van der Waals surface area contributed by atoms with Gasteiger partial charge in [-0.1, -0.05) is 12.1 Å². The number of rotatable bonds is 5. The number of aromatic nitrogens is 3. The number of hydrogen-bond donors (Lipinski definition) is 4. The van der Waals surface area contributed by atoms with Crippen LogP contribution in [0.2, 0.25) is 0 Å². The number of hydrogen-bond acceptors (Lipinski definition) is 6. The molecule has 164 valence electrons. The fourth-order valence-corrected chi connectivity index (χ4v) is 3.59. The molecule has 0 radical (unpaired) electrons. The van der Waals surface area contributed by atoms with Gasteiger partial charge in [-0.25, -0.2) is 14.2 Å². The van der Waals surface area contributed by atoms with Gasteiger partial charge in [0, 0.05) is 25.4 Å². The van der Waals surface area contributed by atoms with E-state index >= 15 is 0 Å². The van der Waals surface area contributed by atoms with Crippen LogP contribution in [0.3, 0.4) is 0 Å². The van der Waals surface area contributed by atoms with Crippen LogP contribution in [-0.4, -0.2) is 58.2 Å². The number of aliphatic hydroxyl groups is 1. The number of morpholine rings is 1. The van der Waals surface area contributed by atoms with Gasteiger partial charge in [-0.3, -0.25) is 10.4 Å². The average Bonchev–Trinajstić information content (AvgIpc) is 3.16. The van der Waals surface area contributed by atoms with Gasteiger partial charge >= 0.3 is 6.03 Å². The third kappa shape index (κ3) is 4.75. The Morgan fingerprint density at radius 1 is 1.29 bits per heavy atom. The van der Waals surface area contributed by atoms with Gasteiger partial charge in [-0.05, 0) is 31.5 Å². The van der Waals surface area contributed by atoms with Crippen molar-refractivity contribution in [1.82, 2.24) is 20.5 Å². The molecule has 0 aliphatic carbocycles. The van der Waals surface area contributed by atoms with Crippen LogP contribution in [0, 0.1) is 5.82 Å². The molecule has 0 unspecified atom stereocenters. The summed E-state index contributed by atoms with van der Waals surface area (Å²) in [6, 6.07) is 6.03. The van der Waals surface area contributed by atoms with E-state index in [2.05, 4.69) is 30.7 Å². The number of ether oxygens (including phenoxy) is 1. The first-order valence-corrected chi connectivity index (χ1v) is 10.0. The molecule has 1 fully saturated rings. The number of H-pyrrole nitrogens is 1. The maximum atomic E-state index is 13.3. The average molecular weight is 428 g/mol. The number of carbonyl (C=O) groups excluding carboxylic acids is 1. The third-order valence-electron chi connectivity index (χ3n) is 5.16. The molecular weight excluding hydrogens is 403 g/mol.